The molecule has 0 unspecified atom stereocenters. The molecule has 1 aromatic heterocycles. The Kier molecular flexibility index (Phi) is 5.28. The van der Waals surface area contributed by atoms with Gasteiger partial charge in [0, 0.05) is 34.0 Å². The number of fused-ring (bicyclic) bond motifs is 1. The maximum absolute atomic E-state index is 12.2. The van der Waals surface area contributed by atoms with Crippen molar-refractivity contribution in [2.75, 3.05) is 0 Å². The number of aryl methyl sites for hydroxylation is 1. The summed E-state index contributed by atoms with van der Waals surface area (Å²) in [6, 6.07) is 12.6. The summed E-state index contributed by atoms with van der Waals surface area (Å²) >= 11 is 6.11. The van der Waals surface area contributed by atoms with Crippen molar-refractivity contribution < 1.29 is 19.1 Å². The quantitative estimate of drug-likeness (QED) is 0.651. The van der Waals surface area contributed by atoms with E-state index in [1.54, 1.807) is 31.2 Å². The summed E-state index contributed by atoms with van der Waals surface area (Å²) in [5.41, 5.74) is 1.87. The Morgan fingerprint density at radius 1 is 1.23 bits per heavy atom. The number of ether oxygens (including phenoxy) is 1. The minimum Gasteiger partial charge on any atom is -0.489 e. The standard InChI is InChI=1S/C20H17ClO5/c1-12-15-7-6-14(25-11-13-4-2-3-5-17(13)21)10-18(15)26-20(24)16(12)8-9-19(22)23/h2-7,10H,8-9,11H2,1H3,(H,22,23). The second-order valence-electron chi connectivity index (χ2n) is 5.92. The van der Waals surface area contributed by atoms with E-state index in [2.05, 4.69) is 0 Å². The Bertz CT molecular complexity index is 1020. The summed E-state index contributed by atoms with van der Waals surface area (Å²) in [6.45, 7) is 2.09. The highest BCUT2D eigenvalue weighted by molar-refractivity contribution is 6.31. The Hall–Kier alpha value is -2.79. The van der Waals surface area contributed by atoms with Crippen molar-refractivity contribution in [2.24, 2.45) is 0 Å². The van der Waals surface area contributed by atoms with Crippen molar-refractivity contribution in [3.63, 3.8) is 0 Å². The van der Waals surface area contributed by atoms with E-state index < -0.39 is 11.6 Å². The van der Waals surface area contributed by atoms with Crippen LogP contribution in [0.1, 0.15) is 23.1 Å². The predicted octanol–water partition coefficient (Wildman–Crippen LogP) is 4.35. The first kappa shape index (κ1) is 18.0. The Labute approximate surface area is 154 Å². The van der Waals surface area contributed by atoms with E-state index in [0.717, 1.165) is 16.5 Å². The molecule has 6 heteroatoms. The monoisotopic (exact) mass is 372 g/mol. The third-order valence-corrected chi connectivity index (χ3v) is 4.57. The lowest BCUT2D eigenvalue weighted by Gasteiger charge is -2.10. The van der Waals surface area contributed by atoms with Crippen LogP contribution in [0.3, 0.4) is 0 Å². The molecule has 0 bridgehead atoms. The minimum absolute atomic E-state index is 0.115. The maximum Gasteiger partial charge on any atom is 0.339 e. The fourth-order valence-corrected chi connectivity index (χ4v) is 2.95. The highest BCUT2D eigenvalue weighted by Crippen LogP contribution is 2.26. The maximum atomic E-state index is 12.2. The van der Waals surface area contributed by atoms with E-state index in [1.165, 1.54) is 0 Å². The van der Waals surface area contributed by atoms with Gasteiger partial charge in [-0.3, -0.25) is 4.79 Å². The summed E-state index contributed by atoms with van der Waals surface area (Å²) in [5.74, 6) is -0.398. The van der Waals surface area contributed by atoms with Gasteiger partial charge < -0.3 is 14.3 Å². The summed E-state index contributed by atoms with van der Waals surface area (Å²) in [6.07, 6.45) is 0.0281. The van der Waals surface area contributed by atoms with Gasteiger partial charge in [-0.05, 0) is 37.1 Å². The smallest absolute Gasteiger partial charge is 0.339 e. The molecule has 0 atom stereocenters. The van der Waals surface area contributed by atoms with Gasteiger partial charge in [0.05, 0.1) is 0 Å². The van der Waals surface area contributed by atoms with Crippen molar-refractivity contribution in [1.82, 2.24) is 0 Å². The largest absolute Gasteiger partial charge is 0.489 e. The zero-order valence-electron chi connectivity index (χ0n) is 14.1. The molecule has 2 aromatic carbocycles. The fraction of sp³-hybridized carbons (Fsp3) is 0.200. The number of benzene rings is 2. The number of carboxylic acids is 1. The van der Waals surface area contributed by atoms with Crippen LogP contribution in [0.2, 0.25) is 5.02 Å². The third kappa shape index (κ3) is 3.89. The zero-order valence-corrected chi connectivity index (χ0v) is 14.9. The van der Waals surface area contributed by atoms with Crippen molar-refractivity contribution in [3.8, 4) is 5.75 Å². The molecule has 3 rings (SSSR count). The van der Waals surface area contributed by atoms with E-state index in [4.69, 9.17) is 25.9 Å². The molecule has 0 aliphatic heterocycles. The van der Waals surface area contributed by atoms with Gasteiger partial charge in [-0.2, -0.15) is 0 Å². The molecular formula is C20H17ClO5. The molecule has 0 amide bonds. The Morgan fingerprint density at radius 3 is 2.73 bits per heavy atom. The number of hydrogen-bond donors (Lipinski definition) is 1. The highest BCUT2D eigenvalue weighted by atomic mass is 35.5. The normalized spacial score (nSPS) is 10.8. The molecular weight excluding hydrogens is 356 g/mol. The molecule has 0 aliphatic carbocycles. The molecule has 0 spiro atoms. The van der Waals surface area contributed by atoms with Crippen molar-refractivity contribution in [2.45, 2.75) is 26.4 Å². The van der Waals surface area contributed by atoms with Gasteiger partial charge in [0.25, 0.3) is 0 Å². The molecule has 134 valence electrons. The molecule has 5 nitrogen and oxygen atoms in total. The second kappa shape index (κ2) is 7.62. The fourth-order valence-electron chi connectivity index (χ4n) is 2.76. The van der Waals surface area contributed by atoms with Crippen LogP contribution in [0.5, 0.6) is 5.75 Å². The lowest BCUT2D eigenvalue weighted by Crippen LogP contribution is -2.12. The molecule has 3 aromatic rings. The molecule has 0 fully saturated rings. The molecule has 0 saturated carbocycles. The summed E-state index contributed by atoms with van der Waals surface area (Å²) in [4.78, 5) is 22.9. The van der Waals surface area contributed by atoms with Gasteiger partial charge in [-0.25, -0.2) is 4.79 Å². The Morgan fingerprint density at radius 2 is 2.00 bits per heavy atom. The molecule has 1 N–H and O–H groups in total. The number of carbonyl (C=O) groups is 1. The third-order valence-electron chi connectivity index (χ3n) is 4.20. The number of halogens is 1. The molecule has 0 saturated heterocycles. The zero-order chi connectivity index (χ0) is 18.7. The molecule has 1 heterocycles. The van der Waals surface area contributed by atoms with Crippen LogP contribution in [0.15, 0.2) is 51.7 Å². The number of rotatable bonds is 6. The summed E-state index contributed by atoms with van der Waals surface area (Å²) in [7, 11) is 0. The van der Waals surface area contributed by atoms with Crippen LogP contribution >= 0.6 is 11.6 Å². The number of aliphatic carboxylic acids is 1. The molecule has 26 heavy (non-hydrogen) atoms. The average molecular weight is 373 g/mol. The first-order valence-corrected chi connectivity index (χ1v) is 8.48. The van der Waals surface area contributed by atoms with E-state index in [-0.39, 0.29) is 12.8 Å². The first-order valence-electron chi connectivity index (χ1n) is 8.10. The topological polar surface area (TPSA) is 76.7 Å². The Balaban J connectivity index is 1.87. The van der Waals surface area contributed by atoms with E-state index in [0.29, 0.717) is 28.5 Å². The average Bonchev–Trinajstić information content (AvgIpc) is 2.60. The van der Waals surface area contributed by atoms with Crippen LogP contribution in [0, 0.1) is 6.92 Å². The van der Waals surface area contributed by atoms with Gasteiger partial charge in [0.1, 0.15) is 17.9 Å². The minimum atomic E-state index is -0.952. The van der Waals surface area contributed by atoms with Gasteiger partial charge in [-0.1, -0.05) is 29.8 Å². The van der Waals surface area contributed by atoms with E-state index in [9.17, 15) is 9.59 Å². The highest BCUT2D eigenvalue weighted by Gasteiger charge is 2.13. The van der Waals surface area contributed by atoms with E-state index >= 15 is 0 Å². The van der Waals surface area contributed by atoms with Gasteiger partial charge in [-0.15, -0.1) is 0 Å². The number of carboxylic acid groups (broad SMARTS) is 1. The first-order chi connectivity index (χ1) is 12.5. The second-order valence-corrected chi connectivity index (χ2v) is 6.33. The lowest BCUT2D eigenvalue weighted by molar-refractivity contribution is -0.136. The summed E-state index contributed by atoms with van der Waals surface area (Å²) in [5, 5.41) is 10.2. The van der Waals surface area contributed by atoms with Gasteiger partial charge >= 0.3 is 11.6 Å². The van der Waals surface area contributed by atoms with Gasteiger partial charge in [0.2, 0.25) is 0 Å². The van der Waals surface area contributed by atoms with Crippen molar-refractivity contribution >= 4 is 28.5 Å². The summed E-state index contributed by atoms with van der Waals surface area (Å²) < 4.78 is 11.1. The lowest BCUT2D eigenvalue weighted by atomic mass is 10.0. The SMILES string of the molecule is Cc1c(CCC(=O)O)c(=O)oc2cc(OCc3ccccc3Cl)ccc12. The molecule has 0 aliphatic rings. The van der Waals surface area contributed by atoms with Crippen LogP contribution in [-0.2, 0) is 17.8 Å². The predicted molar refractivity (Wildman–Crippen MR) is 99.0 cm³/mol. The van der Waals surface area contributed by atoms with Crippen molar-refractivity contribution in [1.29, 1.82) is 0 Å². The number of hydrogen-bond acceptors (Lipinski definition) is 4. The van der Waals surface area contributed by atoms with Gasteiger partial charge in [0.15, 0.2) is 0 Å². The van der Waals surface area contributed by atoms with Crippen LogP contribution in [0.25, 0.3) is 11.0 Å². The van der Waals surface area contributed by atoms with E-state index in [1.807, 2.05) is 18.2 Å². The van der Waals surface area contributed by atoms with Crippen LogP contribution < -0.4 is 10.4 Å². The molecule has 0 radical (unpaired) electrons. The van der Waals surface area contributed by atoms with Crippen LogP contribution in [-0.4, -0.2) is 11.1 Å². The van der Waals surface area contributed by atoms with Crippen LogP contribution in [0.4, 0.5) is 0 Å². The van der Waals surface area contributed by atoms with Crippen molar-refractivity contribution in [3.05, 3.63) is 74.6 Å².